The predicted octanol–water partition coefficient (Wildman–Crippen LogP) is 14.4. The largest absolute Gasteiger partial charge is 0.472 e. The van der Waals surface area contributed by atoms with Gasteiger partial charge in [0.2, 0.25) is 5.91 Å². The highest BCUT2D eigenvalue weighted by Gasteiger charge is 2.23. The van der Waals surface area contributed by atoms with E-state index in [-0.39, 0.29) is 25.7 Å². The number of phosphoric acid groups is 1. The predicted molar refractivity (Wildman–Crippen MR) is 243 cm³/mol. The first kappa shape index (κ1) is 57.0. The van der Waals surface area contributed by atoms with Crippen LogP contribution in [0.5, 0.6) is 0 Å². The van der Waals surface area contributed by atoms with Crippen LogP contribution in [0.15, 0.2) is 0 Å². The van der Waals surface area contributed by atoms with Crippen molar-refractivity contribution < 1.29 is 37.9 Å². The Bertz CT molecular complexity index is 922. The lowest BCUT2D eigenvalue weighted by molar-refractivity contribution is -0.147. The summed E-state index contributed by atoms with van der Waals surface area (Å²) in [5.74, 6) is -0.499. The van der Waals surface area contributed by atoms with Crippen molar-refractivity contribution in [3.8, 4) is 0 Å². The molecule has 2 atom stereocenters. The quantitative estimate of drug-likeness (QED) is 0.0313. The fourth-order valence-corrected chi connectivity index (χ4v) is 8.26. The van der Waals surface area contributed by atoms with E-state index in [0.29, 0.717) is 12.8 Å². The van der Waals surface area contributed by atoms with Gasteiger partial charge in [0, 0.05) is 19.4 Å². The van der Waals surface area contributed by atoms with E-state index in [2.05, 4.69) is 19.2 Å². The van der Waals surface area contributed by atoms with Crippen molar-refractivity contribution in [1.29, 1.82) is 0 Å². The maximum atomic E-state index is 12.1. The van der Waals surface area contributed by atoms with Crippen LogP contribution >= 0.6 is 7.82 Å². The van der Waals surface area contributed by atoms with Crippen LogP contribution in [0.3, 0.4) is 0 Å². The van der Waals surface area contributed by atoms with Crippen molar-refractivity contribution in [3.63, 3.8) is 0 Å². The van der Waals surface area contributed by atoms with Gasteiger partial charge in [-0.05, 0) is 12.8 Å². The Balaban J connectivity index is 3.50. The Kier molecular flexibility index (Phi) is 44.8. The number of ether oxygens (including phenoxy) is 1. The van der Waals surface area contributed by atoms with E-state index in [9.17, 15) is 24.2 Å². The van der Waals surface area contributed by atoms with Gasteiger partial charge in [0.25, 0.3) is 0 Å². The highest BCUT2D eigenvalue weighted by molar-refractivity contribution is 7.47. The average Bonchev–Trinajstić information content (AvgIpc) is 3.21. The number of phosphoric ester groups is 1. The summed E-state index contributed by atoms with van der Waals surface area (Å²) in [5.41, 5.74) is 0. The lowest BCUT2D eigenvalue weighted by Gasteiger charge is -2.15. The number of unbranched alkanes of at least 4 members (excludes halogenated alkanes) is 35. The molecule has 3 N–H and O–H groups in total. The van der Waals surface area contributed by atoms with Gasteiger partial charge >= 0.3 is 13.8 Å². The summed E-state index contributed by atoms with van der Waals surface area (Å²) in [6.45, 7) is 3.62. The zero-order valence-corrected chi connectivity index (χ0v) is 39.2. The van der Waals surface area contributed by atoms with Crippen molar-refractivity contribution >= 4 is 19.7 Å². The summed E-state index contributed by atoms with van der Waals surface area (Å²) in [5, 5.41) is 12.7. The summed E-state index contributed by atoms with van der Waals surface area (Å²) in [7, 11) is -4.41. The number of aliphatic hydroxyl groups is 1. The summed E-state index contributed by atoms with van der Waals surface area (Å²) >= 11 is 0. The van der Waals surface area contributed by atoms with Crippen molar-refractivity contribution in [2.24, 2.45) is 0 Å². The molecule has 0 rings (SSSR count). The van der Waals surface area contributed by atoms with E-state index in [0.717, 1.165) is 38.5 Å². The van der Waals surface area contributed by atoms with Gasteiger partial charge in [0.15, 0.2) is 0 Å². The fourth-order valence-electron chi connectivity index (χ4n) is 7.50. The Morgan fingerprint density at radius 2 is 0.776 bits per heavy atom. The van der Waals surface area contributed by atoms with Crippen LogP contribution in [-0.4, -0.2) is 54.3 Å². The molecular weight excluding hydrogens is 750 g/mol. The Morgan fingerprint density at radius 3 is 1.12 bits per heavy atom. The Hall–Kier alpha value is -0.990. The van der Waals surface area contributed by atoms with Gasteiger partial charge in [-0.2, -0.15) is 0 Å². The number of nitrogens with one attached hydrogen (secondary N) is 1. The number of esters is 1. The molecule has 0 aromatic rings. The Morgan fingerprint density at radius 1 is 0.466 bits per heavy atom. The molecule has 0 aromatic heterocycles. The van der Waals surface area contributed by atoms with Crippen LogP contribution in [0.1, 0.15) is 264 Å². The first-order valence-corrected chi connectivity index (χ1v) is 26.5. The smallest absolute Gasteiger partial charge is 0.463 e. The van der Waals surface area contributed by atoms with Crippen LogP contribution < -0.4 is 5.32 Å². The second-order valence-corrected chi connectivity index (χ2v) is 18.6. The molecule has 0 saturated heterocycles. The summed E-state index contributed by atoms with van der Waals surface area (Å²) in [6.07, 6.45) is 47.5. The SMILES string of the molecule is CCCCCCCCCCCCCCCCCCCCCCCC(=O)NCCOP(=O)(O)OCC(O)COC(=O)CCCCCCCCCCCCCCCCCC. The van der Waals surface area contributed by atoms with Crippen LogP contribution in [0.2, 0.25) is 0 Å². The first-order valence-electron chi connectivity index (χ1n) is 25.0. The second-order valence-electron chi connectivity index (χ2n) is 17.2. The molecule has 0 aliphatic carbocycles. The molecule has 0 saturated carbocycles. The van der Waals surface area contributed by atoms with Crippen LogP contribution in [0.4, 0.5) is 0 Å². The summed E-state index contributed by atoms with van der Waals surface area (Å²) in [4.78, 5) is 34.0. The molecule has 0 heterocycles. The highest BCUT2D eigenvalue weighted by atomic mass is 31.2. The molecule has 9 nitrogen and oxygen atoms in total. The molecule has 346 valence electrons. The molecule has 0 bridgehead atoms. The molecule has 0 aliphatic heterocycles. The van der Waals surface area contributed by atoms with Crippen molar-refractivity contribution in [3.05, 3.63) is 0 Å². The molecule has 2 unspecified atom stereocenters. The molecule has 0 fully saturated rings. The molecule has 10 heteroatoms. The molecule has 0 spiro atoms. The van der Waals surface area contributed by atoms with Gasteiger partial charge < -0.3 is 20.1 Å². The first-order chi connectivity index (χ1) is 28.3. The van der Waals surface area contributed by atoms with Gasteiger partial charge in [-0.1, -0.05) is 239 Å². The maximum absolute atomic E-state index is 12.1. The number of hydrogen-bond acceptors (Lipinski definition) is 7. The number of carbonyl (C=O) groups excluding carboxylic acids is 2. The second kappa shape index (κ2) is 45.5. The third-order valence-corrected chi connectivity index (χ3v) is 12.3. The van der Waals surface area contributed by atoms with E-state index in [1.165, 1.54) is 199 Å². The van der Waals surface area contributed by atoms with E-state index in [1.807, 2.05) is 0 Å². The van der Waals surface area contributed by atoms with E-state index < -0.39 is 26.5 Å². The van der Waals surface area contributed by atoms with Crippen molar-refractivity contribution in [1.82, 2.24) is 5.32 Å². The summed E-state index contributed by atoms with van der Waals surface area (Å²) in [6, 6.07) is 0. The van der Waals surface area contributed by atoms with E-state index in [1.54, 1.807) is 0 Å². The molecule has 1 amide bonds. The monoisotopic (exact) mass is 846 g/mol. The van der Waals surface area contributed by atoms with E-state index in [4.69, 9.17) is 13.8 Å². The van der Waals surface area contributed by atoms with Crippen molar-refractivity contribution in [2.75, 3.05) is 26.4 Å². The van der Waals surface area contributed by atoms with Gasteiger partial charge in [-0.15, -0.1) is 0 Å². The minimum absolute atomic E-state index is 0.0888. The van der Waals surface area contributed by atoms with Gasteiger partial charge in [-0.25, -0.2) is 4.57 Å². The highest BCUT2D eigenvalue weighted by Crippen LogP contribution is 2.42. The zero-order valence-electron chi connectivity index (χ0n) is 38.3. The van der Waals surface area contributed by atoms with Crippen LogP contribution in [0.25, 0.3) is 0 Å². The van der Waals surface area contributed by atoms with Gasteiger partial charge in [-0.3, -0.25) is 18.6 Å². The summed E-state index contributed by atoms with van der Waals surface area (Å²) < 4.78 is 27.0. The molecule has 58 heavy (non-hydrogen) atoms. The standard InChI is InChI=1S/C48H96NO8P/c1-3-5-7-9-11-13-15-17-19-21-22-23-24-25-26-28-30-32-34-36-38-40-47(51)49-42-43-56-58(53,54)57-45-46(50)44-55-48(52)41-39-37-35-33-31-29-27-20-18-16-14-12-10-8-6-4-2/h46,50H,3-45H2,1-2H3,(H,49,51)(H,53,54). The Labute approximate surface area is 358 Å². The normalized spacial score (nSPS) is 13.1. The van der Waals surface area contributed by atoms with E-state index >= 15 is 0 Å². The maximum Gasteiger partial charge on any atom is 0.472 e. The number of amides is 1. The average molecular weight is 846 g/mol. The topological polar surface area (TPSA) is 131 Å². The minimum Gasteiger partial charge on any atom is -0.463 e. The molecule has 0 aliphatic rings. The van der Waals surface area contributed by atoms with Crippen LogP contribution in [0, 0.1) is 0 Å². The lowest BCUT2D eigenvalue weighted by Crippen LogP contribution is -2.27. The molecular formula is C48H96NO8P. The number of carbonyl (C=O) groups is 2. The zero-order chi connectivity index (χ0) is 42.5. The van der Waals surface area contributed by atoms with Gasteiger partial charge in [0.05, 0.1) is 13.2 Å². The third-order valence-electron chi connectivity index (χ3n) is 11.3. The van der Waals surface area contributed by atoms with Gasteiger partial charge in [0.1, 0.15) is 12.7 Å². The van der Waals surface area contributed by atoms with Crippen molar-refractivity contribution in [2.45, 2.75) is 270 Å². The molecule has 0 aromatic carbocycles. The molecule has 0 radical (unpaired) electrons. The lowest BCUT2D eigenvalue weighted by atomic mass is 10.0. The number of rotatable bonds is 48. The van der Waals surface area contributed by atoms with Crippen LogP contribution in [-0.2, 0) is 27.9 Å². The fraction of sp³-hybridized carbons (Fsp3) is 0.958. The minimum atomic E-state index is -4.41. The third kappa shape index (κ3) is 46.1. The number of hydrogen-bond donors (Lipinski definition) is 3. The number of aliphatic hydroxyl groups excluding tert-OH is 1.